The Morgan fingerprint density at radius 2 is 2.19 bits per heavy atom. The first kappa shape index (κ1) is 16.3. The van der Waals surface area contributed by atoms with E-state index in [2.05, 4.69) is 5.10 Å². The number of hydrogen-bond donors (Lipinski definition) is 1. The van der Waals surface area contributed by atoms with Crippen LogP contribution in [0, 0.1) is 5.41 Å². The molecule has 1 aromatic heterocycles. The highest BCUT2D eigenvalue weighted by molar-refractivity contribution is 7.89. The molecule has 2 N–H and O–H groups in total. The van der Waals surface area contributed by atoms with Crippen molar-refractivity contribution >= 4 is 10.0 Å². The lowest BCUT2D eigenvalue weighted by Crippen LogP contribution is -2.53. The topological polar surface area (TPSA) is 81.2 Å². The Balaban J connectivity index is 2.20. The van der Waals surface area contributed by atoms with E-state index >= 15 is 0 Å². The Morgan fingerprint density at radius 3 is 2.76 bits per heavy atom. The van der Waals surface area contributed by atoms with E-state index in [0.29, 0.717) is 19.5 Å². The summed E-state index contributed by atoms with van der Waals surface area (Å²) in [5.41, 5.74) is 5.67. The Bertz CT molecular complexity index is 600. The molecule has 2 rings (SSSR count). The first-order chi connectivity index (χ1) is 9.63. The van der Waals surface area contributed by atoms with Crippen LogP contribution in [0.3, 0.4) is 0 Å². The molecule has 1 unspecified atom stereocenters. The zero-order valence-electron chi connectivity index (χ0n) is 12.0. The number of aromatic nitrogens is 2. The minimum absolute atomic E-state index is 0.0607. The Hall–Kier alpha value is -1.06. The molecule has 0 aromatic carbocycles. The fourth-order valence-corrected chi connectivity index (χ4v) is 3.98. The SMILES string of the molecule is CC1(C)CN(S(=O)(=O)c2cnn(CC(F)F)c2)CCC1N. The molecule has 1 aromatic rings. The van der Waals surface area contributed by atoms with E-state index in [9.17, 15) is 17.2 Å². The number of halogens is 2. The van der Waals surface area contributed by atoms with E-state index in [1.165, 1.54) is 4.31 Å². The second-order valence-electron chi connectivity index (χ2n) is 6.01. The van der Waals surface area contributed by atoms with Gasteiger partial charge >= 0.3 is 0 Å². The van der Waals surface area contributed by atoms with Gasteiger partial charge in [-0.25, -0.2) is 17.2 Å². The number of hydrogen-bond acceptors (Lipinski definition) is 4. The van der Waals surface area contributed by atoms with Crippen LogP contribution in [0.4, 0.5) is 8.78 Å². The van der Waals surface area contributed by atoms with Crippen molar-refractivity contribution < 1.29 is 17.2 Å². The first-order valence-corrected chi connectivity index (χ1v) is 8.13. The van der Waals surface area contributed by atoms with Crippen molar-refractivity contribution in [3.8, 4) is 0 Å². The van der Waals surface area contributed by atoms with Crippen molar-refractivity contribution in [2.75, 3.05) is 13.1 Å². The number of alkyl halides is 2. The molecule has 120 valence electrons. The standard InChI is InChI=1S/C12H20F2N4O2S/c1-12(2)8-18(4-3-10(12)15)21(19,20)9-5-16-17(6-9)7-11(13)14/h5-6,10-11H,3-4,7-8,15H2,1-2H3. The monoisotopic (exact) mass is 322 g/mol. The second kappa shape index (κ2) is 5.62. The van der Waals surface area contributed by atoms with E-state index in [0.717, 1.165) is 17.1 Å². The minimum atomic E-state index is -3.72. The number of nitrogens with two attached hydrogens (primary N) is 1. The first-order valence-electron chi connectivity index (χ1n) is 6.69. The zero-order chi connectivity index (χ0) is 15.8. The second-order valence-corrected chi connectivity index (χ2v) is 7.95. The summed E-state index contributed by atoms with van der Waals surface area (Å²) in [7, 11) is -3.72. The fraction of sp³-hybridized carbons (Fsp3) is 0.750. The highest BCUT2D eigenvalue weighted by atomic mass is 32.2. The van der Waals surface area contributed by atoms with Gasteiger partial charge < -0.3 is 5.73 Å². The van der Waals surface area contributed by atoms with Gasteiger partial charge in [0.25, 0.3) is 6.43 Å². The molecule has 6 nitrogen and oxygen atoms in total. The van der Waals surface area contributed by atoms with Crippen molar-refractivity contribution in [1.82, 2.24) is 14.1 Å². The molecule has 0 aliphatic carbocycles. The highest BCUT2D eigenvalue weighted by Gasteiger charge is 2.39. The lowest BCUT2D eigenvalue weighted by atomic mass is 9.81. The smallest absolute Gasteiger partial charge is 0.257 e. The van der Waals surface area contributed by atoms with Gasteiger partial charge in [0, 0.05) is 25.3 Å². The number of nitrogens with zero attached hydrogens (tertiary/aromatic N) is 3. The summed E-state index contributed by atoms with van der Waals surface area (Å²) in [5, 5.41) is 3.67. The molecule has 0 radical (unpaired) electrons. The molecule has 1 aliphatic heterocycles. The van der Waals surface area contributed by atoms with Crippen LogP contribution in [0.5, 0.6) is 0 Å². The molecule has 0 bridgehead atoms. The molecule has 1 atom stereocenters. The van der Waals surface area contributed by atoms with E-state index < -0.39 is 23.0 Å². The van der Waals surface area contributed by atoms with Gasteiger partial charge in [-0.05, 0) is 11.8 Å². The average Bonchev–Trinajstić information content (AvgIpc) is 2.80. The van der Waals surface area contributed by atoms with Crippen LogP contribution in [-0.2, 0) is 16.6 Å². The average molecular weight is 322 g/mol. The predicted molar refractivity (Wildman–Crippen MR) is 73.4 cm³/mol. The van der Waals surface area contributed by atoms with Gasteiger partial charge in [0.15, 0.2) is 0 Å². The summed E-state index contributed by atoms with van der Waals surface area (Å²) >= 11 is 0. The van der Waals surface area contributed by atoms with Gasteiger partial charge in [0.05, 0.1) is 6.20 Å². The van der Waals surface area contributed by atoms with E-state index in [1.54, 1.807) is 0 Å². The molecule has 1 fully saturated rings. The van der Waals surface area contributed by atoms with Crippen molar-refractivity contribution in [1.29, 1.82) is 0 Å². The summed E-state index contributed by atoms with van der Waals surface area (Å²) < 4.78 is 51.9. The van der Waals surface area contributed by atoms with Crippen LogP contribution >= 0.6 is 0 Å². The maximum Gasteiger partial charge on any atom is 0.257 e. The molecule has 2 heterocycles. The van der Waals surface area contributed by atoms with Gasteiger partial charge in [-0.1, -0.05) is 13.8 Å². The van der Waals surface area contributed by atoms with Crippen molar-refractivity contribution in [2.45, 2.75) is 44.2 Å². The Labute approximate surface area is 123 Å². The fourth-order valence-electron chi connectivity index (χ4n) is 2.40. The van der Waals surface area contributed by atoms with Crippen LogP contribution < -0.4 is 5.73 Å². The molecule has 0 spiro atoms. The zero-order valence-corrected chi connectivity index (χ0v) is 12.9. The summed E-state index contributed by atoms with van der Waals surface area (Å²) in [6, 6.07) is -0.0643. The van der Waals surface area contributed by atoms with Gasteiger partial charge in [0.1, 0.15) is 11.4 Å². The summed E-state index contributed by atoms with van der Waals surface area (Å²) in [4.78, 5) is -0.0607. The van der Waals surface area contributed by atoms with Crippen LogP contribution in [0.2, 0.25) is 0 Å². The van der Waals surface area contributed by atoms with Crippen molar-refractivity contribution in [2.24, 2.45) is 11.1 Å². The van der Waals surface area contributed by atoms with Gasteiger partial charge in [-0.2, -0.15) is 9.40 Å². The van der Waals surface area contributed by atoms with Crippen molar-refractivity contribution in [3.63, 3.8) is 0 Å². The van der Waals surface area contributed by atoms with E-state index in [1.807, 2.05) is 13.8 Å². The largest absolute Gasteiger partial charge is 0.327 e. The third kappa shape index (κ3) is 3.41. The quantitative estimate of drug-likeness (QED) is 0.893. The highest BCUT2D eigenvalue weighted by Crippen LogP contribution is 2.31. The summed E-state index contributed by atoms with van der Waals surface area (Å²) in [6.07, 6.45) is 0.243. The summed E-state index contributed by atoms with van der Waals surface area (Å²) in [6.45, 7) is 3.84. The van der Waals surface area contributed by atoms with Crippen LogP contribution in [0.15, 0.2) is 17.3 Å². The lowest BCUT2D eigenvalue weighted by Gasteiger charge is -2.41. The van der Waals surface area contributed by atoms with Crippen LogP contribution in [0.1, 0.15) is 20.3 Å². The van der Waals surface area contributed by atoms with Gasteiger partial charge in [0.2, 0.25) is 10.0 Å². The predicted octanol–water partition coefficient (Wildman–Crippen LogP) is 0.896. The maximum absolute atomic E-state index is 12.5. The molecular weight excluding hydrogens is 302 g/mol. The normalized spacial score (nSPS) is 23.6. The third-order valence-electron chi connectivity index (χ3n) is 3.85. The molecule has 9 heteroatoms. The molecular formula is C12H20F2N4O2S. The van der Waals surface area contributed by atoms with Gasteiger partial charge in [-0.15, -0.1) is 0 Å². The molecule has 0 saturated carbocycles. The molecule has 0 amide bonds. The maximum atomic E-state index is 12.5. The van der Waals surface area contributed by atoms with Crippen molar-refractivity contribution in [3.05, 3.63) is 12.4 Å². The third-order valence-corrected chi connectivity index (χ3v) is 5.65. The molecule has 21 heavy (non-hydrogen) atoms. The number of sulfonamides is 1. The molecule has 1 aliphatic rings. The summed E-state index contributed by atoms with van der Waals surface area (Å²) in [5.74, 6) is 0. The van der Waals surface area contributed by atoms with Crippen LogP contribution in [-0.4, -0.2) is 48.1 Å². The van der Waals surface area contributed by atoms with E-state index in [4.69, 9.17) is 5.73 Å². The molecule has 1 saturated heterocycles. The van der Waals surface area contributed by atoms with Gasteiger partial charge in [-0.3, -0.25) is 4.68 Å². The Morgan fingerprint density at radius 1 is 1.52 bits per heavy atom. The van der Waals surface area contributed by atoms with Crippen LogP contribution in [0.25, 0.3) is 0 Å². The van der Waals surface area contributed by atoms with E-state index in [-0.39, 0.29) is 16.4 Å². The Kier molecular flexibility index (Phi) is 4.36. The lowest BCUT2D eigenvalue weighted by molar-refractivity contribution is 0.121. The number of rotatable bonds is 4. The minimum Gasteiger partial charge on any atom is -0.327 e. The number of piperidine rings is 1.